The van der Waals surface area contributed by atoms with Gasteiger partial charge in [-0.15, -0.1) is 11.3 Å². The van der Waals surface area contributed by atoms with Crippen LogP contribution in [-0.2, 0) is 0 Å². The number of piperazine rings is 1. The highest BCUT2D eigenvalue weighted by Crippen LogP contribution is 2.42. The fourth-order valence-electron chi connectivity index (χ4n) is 4.12. The molecule has 0 bridgehead atoms. The Hall–Kier alpha value is -0.541. The summed E-state index contributed by atoms with van der Waals surface area (Å²) in [6.45, 7) is 0. The summed E-state index contributed by atoms with van der Waals surface area (Å²) in [6.07, 6.45) is 0. The Morgan fingerprint density at radius 2 is 1.39 bits per heavy atom. The van der Waals surface area contributed by atoms with Crippen molar-refractivity contribution < 1.29 is 0 Å². The molecule has 1 N–H and O–H groups in total. The number of fused-ring (bicyclic) bond motifs is 1. The van der Waals surface area contributed by atoms with Crippen LogP contribution in [0.5, 0.6) is 0 Å². The van der Waals surface area contributed by atoms with Crippen molar-refractivity contribution in [2.75, 3.05) is 4.90 Å². The minimum Gasteiger partial charge on any atom is -0.391 e. The van der Waals surface area contributed by atoms with Crippen molar-refractivity contribution in [1.29, 1.82) is 0 Å². The van der Waals surface area contributed by atoms with Gasteiger partial charge < -0.3 is 10.2 Å². The van der Waals surface area contributed by atoms with Gasteiger partial charge in [0.25, 0.3) is 0 Å². The summed E-state index contributed by atoms with van der Waals surface area (Å²) in [7, 11) is 18.7. The molecule has 110 valence electrons. The number of benzene rings is 1. The van der Waals surface area contributed by atoms with E-state index < -0.39 is 0 Å². The Kier molecular flexibility index (Phi) is 3.75. The average Bonchev–Trinajstić information content (AvgIpc) is 2.84. The Balaban J connectivity index is 2.30. The highest BCUT2D eigenvalue weighted by Gasteiger charge is 2.57. The Morgan fingerprint density at radius 1 is 0.826 bits per heavy atom. The summed E-state index contributed by atoms with van der Waals surface area (Å²) in [5.41, 5.74) is 1.35. The number of thiophene rings is 1. The molecule has 0 spiro atoms. The van der Waals surface area contributed by atoms with Crippen molar-refractivity contribution in [2.24, 2.45) is 0 Å². The van der Waals surface area contributed by atoms with Crippen molar-refractivity contribution >= 4 is 89.9 Å². The number of hydrogen-bond donors (Lipinski definition) is 1. The number of anilines is 1. The van der Waals surface area contributed by atoms with Crippen LogP contribution in [0.2, 0.25) is 0 Å². The molecule has 0 atom stereocenters. The first-order valence-corrected chi connectivity index (χ1v) is 9.36. The first-order chi connectivity index (χ1) is 10.4. The van der Waals surface area contributed by atoms with Crippen LogP contribution in [0.3, 0.4) is 0 Å². The molecule has 1 aromatic carbocycles. The summed E-state index contributed by atoms with van der Waals surface area (Å²) in [4.78, 5) is 2.66. The minimum absolute atomic E-state index is 0.00972. The Labute approximate surface area is 151 Å². The second-order valence-electron chi connectivity index (χ2n) is 8.94. The van der Waals surface area contributed by atoms with E-state index >= 15 is 0 Å². The van der Waals surface area contributed by atoms with Gasteiger partial charge in [0.2, 0.25) is 0 Å². The molecule has 1 aliphatic heterocycles. The molecule has 23 heavy (non-hydrogen) atoms. The van der Waals surface area contributed by atoms with Gasteiger partial charge in [-0.2, -0.15) is 0 Å². The molecule has 0 saturated carbocycles. The summed E-state index contributed by atoms with van der Waals surface area (Å²) in [5, 5.41) is 7.41. The molecule has 2 aromatic rings. The predicted molar refractivity (Wildman–Crippen MR) is 127 cm³/mol. The zero-order chi connectivity index (χ0) is 17.3. The average molecular weight is 313 g/mol. The van der Waals surface area contributed by atoms with Gasteiger partial charge in [-0.05, 0) is 44.9 Å². The van der Waals surface area contributed by atoms with E-state index in [9.17, 15) is 0 Å². The Bertz CT molecular complexity index is 730. The molecule has 0 aliphatic carbocycles. The lowest BCUT2D eigenvalue weighted by Gasteiger charge is -2.70. The van der Waals surface area contributed by atoms with Crippen LogP contribution in [0, 0.1) is 0 Å². The number of rotatable bonds is 1. The van der Waals surface area contributed by atoms with Crippen LogP contribution in [0.25, 0.3) is 10.1 Å². The molecule has 2 heterocycles. The molecule has 3 rings (SSSR count). The summed E-state index contributed by atoms with van der Waals surface area (Å²) < 4.78 is 1.36. The zero-order valence-electron chi connectivity index (χ0n) is 15.7. The molecule has 0 radical (unpaired) electrons. The quantitative estimate of drug-likeness (QED) is 0.528. The molecule has 2 nitrogen and oxygen atoms in total. The van der Waals surface area contributed by atoms with Gasteiger partial charge in [-0.1, -0.05) is 6.07 Å². The van der Waals surface area contributed by atoms with Crippen LogP contribution in [0.1, 0.15) is 0 Å². The molecule has 1 aromatic heterocycles. The van der Waals surface area contributed by atoms with Crippen LogP contribution >= 0.6 is 11.3 Å². The second kappa shape index (κ2) is 4.98. The van der Waals surface area contributed by atoms with Gasteiger partial charge in [-0.25, -0.2) is 0 Å². The van der Waals surface area contributed by atoms with E-state index in [1.54, 1.807) is 0 Å². The topological polar surface area (TPSA) is 15.3 Å². The SMILES string of the molecule is BC1(B)NC(B)(B)C(B)(B)N(c2cccc3sccc23)C1(B)B. The van der Waals surface area contributed by atoms with E-state index in [4.69, 9.17) is 0 Å². The molecular formula is C12H22B8N2S. The van der Waals surface area contributed by atoms with Crippen molar-refractivity contribution in [2.45, 2.75) is 21.4 Å². The van der Waals surface area contributed by atoms with Crippen molar-refractivity contribution in [3.05, 3.63) is 29.6 Å². The number of hydrogen-bond acceptors (Lipinski definition) is 3. The first kappa shape index (κ1) is 17.3. The van der Waals surface area contributed by atoms with Crippen molar-refractivity contribution in [1.82, 2.24) is 5.32 Å². The van der Waals surface area contributed by atoms with Gasteiger partial charge in [-0.3, -0.25) is 0 Å². The highest BCUT2D eigenvalue weighted by atomic mass is 32.1. The van der Waals surface area contributed by atoms with Gasteiger partial charge in [0, 0.05) is 15.8 Å². The first-order valence-electron chi connectivity index (χ1n) is 8.48. The van der Waals surface area contributed by atoms with Crippen LogP contribution in [0.4, 0.5) is 5.69 Å². The van der Waals surface area contributed by atoms with E-state index in [1.807, 2.05) is 11.3 Å². The molecular weight excluding hydrogens is 291 g/mol. The van der Waals surface area contributed by atoms with E-state index in [2.05, 4.69) is 103 Å². The lowest BCUT2D eigenvalue weighted by Crippen LogP contribution is -2.92. The molecule has 1 fully saturated rings. The molecule has 0 unspecified atom stereocenters. The normalized spacial score (nSPS) is 24.4. The summed E-state index contributed by atoms with van der Waals surface area (Å²) in [6, 6.07) is 8.98. The van der Waals surface area contributed by atoms with E-state index in [0.717, 1.165) is 0 Å². The van der Waals surface area contributed by atoms with E-state index in [0.29, 0.717) is 0 Å². The van der Waals surface area contributed by atoms with Gasteiger partial charge >= 0.3 is 0 Å². The maximum Gasteiger partial charge on any atom is 0.124 e. The summed E-state index contributed by atoms with van der Waals surface area (Å²) in [5.74, 6) is 0. The fraction of sp³-hybridized carbons (Fsp3) is 0.333. The highest BCUT2D eigenvalue weighted by molar-refractivity contribution is 7.17. The third kappa shape index (κ3) is 2.30. The van der Waals surface area contributed by atoms with Gasteiger partial charge in [0.15, 0.2) is 0 Å². The zero-order valence-corrected chi connectivity index (χ0v) is 16.6. The lowest BCUT2D eigenvalue weighted by atomic mass is 9.27. The molecule has 0 amide bonds. The maximum absolute atomic E-state index is 3.92. The largest absolute Gasteiger partial charge is 0.391 e. The third-order valence-electron chi connectivity index (χ3n) is 6.52. The van der Waals surface area contributed by atoms with Gasteiger partial charge in [0.1, 0.15) is 62.8 Å². The van der Waals surface area contributed by atoms with Crippen molar-refractivity contribution in [3.63, 3.8) is 0 Å². The standard InChI is InChI=1S/C12H22B8N2S/c13-9(14)11(17,18)22(12(19,20)10(15,16)21-9)7-2-1-3-8-6(7)4-5-23-8/h1-5,21H,13-20H2. The summed E-state index contributed by atoms with van der Waals surface area (Å²) >= 11 is 1.82. The third-order valence-corrected chi connectivity index (χ3v) is 7.40. The van der Waals surface area contributed by atoms with Gasteiger partial charge in [0.05, 0.1) is 0 Å². The molecule has 11 heteroatoms. The second-order valence-corrected chi connectivity index (χ2v) is 9.89. The molecule has 1 saturated heterocycles. The monoisotopic (exact) mass is 314 g/mol. The van der Waals surface area contributed by atoms with Crippen molar-refractivity contribution in [3.8, 4) is 0 Å². The van der Waals surface area contributed by atoms with Crippen LogP contribution in [-0.4, -0.2) is 84.1 Å². The molecule has 1 aliphatic rings. The maximum atomic E-state index is 3.92. The Morgan fingerprint density at radius 3 is 1.96 bits per heavy atom. The van der Waals surface area contributed by atoms with E-state index in [-0.39, 0.29) is 21.4 Å². The van der Waals surface area contributed by atoms with Crippen LogP contribution in [0.15, 0.2) is 29.6 Å². The smallest absolute Gasteiger partial charge is 0.124 e. The number of nitrogens with zero attached hydrogens (tertiary/aromatic N) is 1. The minimum atomic E-state index is -0.0256. The van der Waals surface area contributed by atoms with E-state index in [1.165, 1.54) is 15.8 Å². The predicted octanol–water partition coefficient (Wildman–Crippen LogP) is -6.01. The lowest BCUT2D eigenvalue weighted by molar-refractivity contribution is 0.349. The number of nitrogens with one attached hydrogen (secondary N) is 1. The van der Waals surface area contributed by atoms with Crippen LogP contribution < -0.4 is 10.2 Å². The fourth-order valence-corrected chi connectivity index (χ4v) is 4.93.